The zero-order valence-electron chi connectivity index (χ0n) is 13.9. The van der Waals surface area contributed by atoms with Gasteiger partial charge in [-0.15, -0.1) is 0 Å². The van der Waals surface area contributed by atoms with Crippen molar-refractivity contribution in [3.8, 4) is 0 Å². The van der Waals surface area contributed by atoms with Crippen LogP contribution in [-0.4, -0.2) is 29.5 Å². The average Bonchev–Trinajstić information content (AvgIpc) is 2.56. The maximum Gasteiger partial charge on any atom is 0.123 e. The number of hydrogen-bond donors (Lipinski definition) is 2. The fourth-order valence-electron chi connectivity index (χ4n) is 4.26. The molecule has 1 aliphatic carbocycles. The van der Waals surface area contributed by atoms with Gasteiger partial charge < -0.3 is 15.2 Å². The van der Waals surface area contributed by atoms with Crippen LogP contribution in [-0.2, 0) is 4.74 Å². The first kappa shape index (κ1) is 16.7. The summed E-state index contributed by atoms with van der Waals surface area (Å²) in [6, 6.07) is 6.35. The third-order valence-corrected chi connectivity index (χ3v) is 5.48. The van der Waals surface area contributed by atoms with Crippen LogP contribution in [0, 0.1) is 11.7 Å². The summed E-state index contributed by atoms with van der Waals surface area (Å²) in [6.45, 7) is 2.95. The predicted molar refractivity (Wildman–Crippen MR) is 90.0 cm³/mol. The molecular formula is C19H28FNO2. The summed E-state index contributed by atoms with van der Waals surface area (Å²) in [7, 11) is 0. The van der Waals surface area contributed by atoms with Crippen molar-refractivity contribution in [2.45, 2.75) is 69.6 Å². The molecule has 0 bridgehead atoms. The molecule has 0 unspecified atom stereocenters. The van der Waals surface area contributed by atoms with Gasteiger partial charge in [0.1, 0.15) is 11.4 Å². The SMILES string of the molecule is CCCC[C@@H]1CC[C@H](Nc2ccc(F)cc2)[C@]2(O)CCCO[C@H]12. The van der Waals surface area contributed by atoms with E-state index in [9.17, 15) is 9.50 Å². The highest BCUT2D eigenvalue weighted by Gasteiger charge is 2.52. The molecule has 0 radical (unpaired) electrons. The molecule has 128 valence electrons. The number of anilines is 1. The summed E-state index contributed by atoms with van der Waals surface area (Å²) < 4.78 is 19.1. The van der Waals surface area contributed by atoms with E-state index in [-0.39, 0.29) is 18.0 Å². The lowest BCUT2D eigenvalue weighted by molar-refractivity contribution is -0.191. The maximum absolute atomic E-state index is 13.1. The summed E-state index contributed by atoms with van der Waals surface area (Å²) >= 11 is 0. The van der Waals surface area contributed by atoms with Crippen molar-refractivity contribution in [2.75, 3.05) is 11.9 Å². The van der Waals surface area contributed by atoms with Crippen molar-refractivity contribution in [2.24, 2.45) is 5.92 Å². The molecule has 2 fully saturated rings. The Morgan fingerprint density at radius 3 is 2.83 bits per heavy atom. The Labute approximate surface area is 138 Å². The van der Waals surface area contributed by atoms with Gasteiger partial charge in [0.25, 0.3) is 0 Å². The number of hydrogen-bond acceptors (Lipinski definition) is 3. The summed E-state index contributed by atoms with van der Waals surface area (Å²) in [5, 5.41) is 14.8. The van der Waals surface area contributed by atoms with Crippen LogP contribution in [0.2, 0.25) is 0 Å². The third-order valence-electron chi connectivity index (χ3n) is 5.48. The van der Waals surface area contributed by atoms with Gasteiger partial charge in [0.05, 0.1) is 12.1 Å². The molecule has 1 heterocycles. The molecule has 0 amide bonds. The Morgan fingerprint density at radius 2 is 2.09 bits per heavy atom. The number of fused-ring (bicyclic) bond motifs is 1. The van der Waals surface area contributed by atoms with Crippen molar-refractivity contribution < 1.29 is 14.2 Å². The van der Waals surface area contributed by atoms with E-state index in [0.29, 0.717) is 5.92 Å². The molecular weight excluding hydrogens is 293 g/mol. The van der Waals surface area contributed by atoms with Gasteiger partial charge >= 0.3 is 0 Å². The van der Waals surface area contributed by atoms with E-state index in [1.54, 1.807) is 12.1 Å². The van der Waals surface area contributed by atoms with Crippen LogP contribution in [0.1, 0.15) is 51.9 Å². The maximum atomic E-state index is 13.1. The smallest absolute Gasteiger partial charge is 0.123 e. The van der Waals surface area contributed by atoms with Gasteiger partial charge in [-0.1, -0.05) is 19.8 Å². The largest absolute Gasteiger partial charge is 0.385 e. The lowest BCUT2D eigenvalue weighted by Crippen LogP contribution is -2.63. The molecule has 1 aromatic carbocycles. The molecule has 2 aliphatic rings. The van der Waals surface area contributed by atoms with E-state index in [4.69, 9.17) is 4.74 Å². The van der Waals surface area contributed by atoms with Gasteiger partial charge in [0.2, 0.25) is 0 Å². The standard InChI is InChI=1S/C19H28FNO2/c1-2-3-5-14-6-11-17(19(22)12-4-13-23-18(14)19)21-16-9-7-15(20)8-10-16/h7-10,14,17-18,21-22H,2-6,11-13H2,1H3/t14-,17+,18-,19-/m1/s1. The second kappa shape index (κ2) is 7.18. The Morgan fingerprint density at radius 1 is 1.30 bits per heavy atom. The quantitative estimate of drug-likeness (QED) is 0.857. The second-order valence-corrected chi connectivity index (χ2v) is 7.07. The number of halogens is 1. The van der Waals surface area contributed by atoms with E-state index in [2.05, 4.69) is 12.2 Å². The van der Waals surface area contributed by atoms with Crippen LogP contribution < -0.4 is 5.32 Å². The minimum atomic E-state index is -0.816. The van der Waals surface area contributed by atoms with Crippen LogP contribution in [0.25, 0.3) is 0 Å². The summed E-state index contributed by atoms with van der Waals surface area (Å²) in [6.07, 6.45) is 7.11. The molecule has 1 aliphatic heterocycles. The van der Waals surface area contributed by atoms with Crippen molar-refractivity contribution in [3.63, 3.8) is 0 Å². The molecule has 0 spiro atoms. The van der Waals surface area contributed by atoms with Crippen LogP contribution in [0.15, 0.2) is 24.3 Å². The van der Waals surface area contributed by atoms with Crippen LogP contribution in [0.5, 0.6) is 0 Å². The molecule has 0 aromatic heterocycles. The van der Waals surface area contributed by atoms with Gasteiger partial charge in [-0.25, -0.2) is 4.39 Å². The zero-order valence-corrected chi connectivity index (χ0v) is 13.9. The van der Waals surface area contributed by atoms with Crippen molar-refractivity contribution >= 4 is 5.69 Å². The number of nitrogens with one attached hydrogen (secondary N) is 1. The van der Waals surface area contributed by atoms with Gasteiger partial charge in [-0.05, 0) is 62.3 Å². The first-order valence-corrected chi connectivity index (χ1v) is 8.99. The average molecular weight is 321 g/mol. The molecule has 4 atom stereocenters. The first-order chi connectivity index (χ1) is 11.1. The fourth-order valence-corrected chi connectivity index (χ4v) is 4.26. The minimum Gasteiger partial charge on any atom is -0.385 e. The van der Waals surface area contributed by atoms with Crippen molar-refractivity contribution in [1.82, 2.24) is 0 Å². The van der Waals surface area contributed by atoms with E-state index in [0.717, 1.165) is 44.4 Å². The Kier molecular flexibility index (Phi) is 5.22. The van der Waals surface area contributed by atoms with Gasteiger partial charge in [0, 0.05) is 12.3 Å². The lowest BCUT2D eigenvalue weighted by atomic mass is 9.67. The van der Waals surface area contributed by atoms with Crippen LogP contribution in [0.3, 0.4) is 0 Å². The normalized spacial score (nSPS) is 34.0. The molecule has 1 saturated heterocycles. The minimum absolute atomic E-state index is 0.0314. The molecule has 23 heavy (non-hydrogen) atoms. The number of aliphatic hydroxyl groups is 1. The molecule has 2 N–H and O–H groups in total. The van der Waals surface area contributed by atoms with Crippen LogP contribution in [0.4, 0.5) is 10.1 Å². The van der Waals surface area contributed by atoms with E-state index in [1.165, 1.54) is 25.0 Å². The highest BCUT2D eigenvalue weighted by molar-refractivity contribution is 5.45. The van der Waals surface area contributed by atoms with Gasteiger partial charge in [0.15, 0.2) is 0 Å². The van der Waals surface area contributed by atoms with Gasteiger partial charge in [-0.3, -0.25) is 0 Å². The fraction of sp³-hybridized carbons (Fsp3) is 0.684. The second-order valence-electron chi connectivity index (χ2n) is 7.07. The van der Waals surface area contributed by atoms with Crippen LogP contribution >= 0.6 is 0 Å². The summed E-state index contributed by atoms with van der Waals surface area (Å²) in [5.74, 6) is 0.211. The zero-order chi connectivity index (χ0) is 16.3. The Balaban J connectivity index is 1.75. The summed E-state index contributed by atoms with van der Waals surface area (Å²) in [5.41, 5.74) is 0.0460. The Bertz CT molecular complexity index is 507. The number of rotatable bonds is 5. The molecule has 3 nitrogen and oxygen atoms in total. The van der Waals surface area contributed by atoms with Crippen molar-refractivity contribution in [3.05, 3.63) is 30.1 Å². The van der Waals surface area contributed by atoms with E-state index < -0.39 is 5.60 Å². The highest BCUT2D eigenvalue weighted by atomic mass is 19.1. The van der Waals surface area contributed by atoms with E-state index >= 15 is 0 Å². The predicted octanol–water partition coefficient (Wildman–Crippen LogP) is 4.12. The topological polar surface area (TPSA) is 41.5 Å². The molecule has 3 rings (SSSR count). The highest BCUT2D eigenvalue weighted by Crippen LogP contribution is 2.43. The number of unbranched alkanes of at least 4 members (excludes halogenated alkanes) is 1. The lowest BCUT2D eigenvalue weighted by Gasteiger charge is -2.52. The van der Waals surface area contributed by atoms with Gasteiger partial charge in [-0.2, -0.15) is 0 Å². The Hall–Kier alpha value is -1.13. The summed E-state index contributed by atoms with van der Waals surface area (Å²) in [4.78, 5) is 0. The molecule has 1 saturated carbocycles. The third kappa shape index (κ3) is 3.53. The van der Waals surface area contributed by atoms with Crippen molar-refractivity contribution in [1.29, 1.82) is 0 Å². The monoisotopic (exact) mass is 321 g/mol. The van der Waals surface area contributed by atoms with E-state index in [1.807, 2.05) is 0 Å². The number of ether oxygens (including phenoxy) is 1. The molecule has 1 aromatic rings. The first-order valence-electron chi connectivity index (χ1n) is 8.99. The molecule has 4 heteroatoms. The number of benzene rings is 1.